The van der Waals surface area contributed by atoms with Crippen molar-refractivity contribution in [2.24, 2.45) is 17.8 Å². The van der Waals surface area contributed by atoms with E-state index in [4.69, 9.17) is 5.73 Å². The first-order chi connectivity index (χ1) is 9.63. The summed E-state index contributed by atoms with van der Waals surface area (Å²) in [4.78, 5) is 4.15. The molecule has 4 rings (SSSR count). The third-order valence-electron chi connectivity index (χ3n) is 5.13. The van der Waals surface area contributed by atoms with E-state index in [1.54, 1.807) is 4.57 Å². The summed E-state index contributed by atoms with van der Waals surface area (Å²) in [6.45, 7) is 0.657. The van der Waals surface area contributed by atoms with E-state index in [2.05, 4.69) is 4.98 Å². The highest BCUT2D eigenvalue weighted by atomic mass is 19.2. The summed E-state index contributed by atoms with van der Waals surface area (Å²) in [5.74, 6) is 0.668. The van der Waals surface area contributed by atoms with Crippen LogP contribution in [0.5, 0.6) is 0 Å². The fraction of sp³-hybridized carbons (Fsp3) is 0.533. The molecule has 2 saturated carbocycles. The van der Waals surface area contributed by atoms with E-state index in [0.717, 1.165) is 12.0 Å². The second-order valence-electron chi connectivity index (χ2n) is 6.24. The molecule has 106 valence electrons. The van der Waals surface area contributed by atoms with Crippen LogP contribution in [0.3, 0.4) is 0 Å². The van der Waals surface area contributed by atoms with Crippen molar-refractivity contribution in [3.8, 4) is 0 Å². The standard InChI is InChI=1S/C15H17F2N3/c16-11-3-4-12-14(13(11)17)20(15(18)19-12)7-10-6-8-1-2-9(10)5-8/h3-4,8-10H,1-2,5-7H2,(H2,18,19). The average molecular weight is 277 g/mol. The summed E-state index contributed by atoms with van der Waals surface area (Å²) in [5.41, 5.74) is 6.56. The Morgan fingerprint density at radius 2 is 2.10 bits per heavy atom. The Morgan fingerprint density at radius 1 is 1.25 bits per heavy atom. The van der Waals surface area contributed by atoms with E-state index in [1.165, 1.54) is 31.7 Å². The number of nitrogens with two attached hydrogens (primary N) is 1. The lowest BCUT2D eigenvalue weighted by atomic mass is 9.89. The van der Waals surface area contributed by atoms with Gasteiger partial charge in [0.1, 0.15) is 5.52 Å². The molecule has 2 aliphatic rings. The molecular weight excluding hydrogens is 260 g/mol. The average Bonchev–Trinajstić information content (AvgIpc) is 3.10. The maximum absolute atomic E-state index is 14.0. The molecule has 0 spiro atoms. The monoisotopic (exact) mass is 277 g/mol. The molecule has 2 aliphatic carbocycles. The number of nitrogens with zero attached hydrogens (tertiary/aromatic N) is 2. The van der Waals surface area contributed by atoms with Crippen LogP contribution in [-0.4, -0.2) is 9.55 Å². The smallest absolute Gasteiger partial charge is 0.201 e. The number of imidazole rings is 1. The van der Waals surface area contributed by atoms with Crippen molar-refractivity contribution in [3.05, 3.63) is 23.8 Å². The molecule has 1 heterocycles. The van der Waals surface area contributed by atoms with Gasteiger partial charge in [0.05, 0.1) is 5.52 Å². The number of hydrogen-bond acceptors (Lipinski definition) is 2. The van der Waals surface area contributed by atoms with Crippen LogP contribution in [0.4, 0.5) is 14.7 Å². The summed E-state index contributed by atoms with van der Waals surface area (Å²) in [6.07, 6.45) is 5.05. The Morgan fingerprint density at radius 3 is 2.80 bits per heavy atom. The van der Waals surface area contributed by atoms with Gasteiger partial charge in [-0.05, 0) is 49.1 Å². The van der Waals surface area contributed by atoms with Crippen LogP contribution in [0, 0.1) is 29.4 Å². The molecular formula is C15H17F2N3. The molecule has 3 nitrogen and oxygen atoms in total. The SMILES string of the molecule is Nc1nc2ccc(F)c(F)c2n1CC1CC2CCC1C2. The lowest BCUT2D eigenvalue weighted by Crippen LogP contribution is -2.18. The zero-order valence-electron chi connectivity index (χ0n) is 11.1. The Balaban J connectivity index is 1.75. The number of fused-ring (bicyclic) bond motifs is 3. The van der Waals surface area contributed by atoms with Crippen LogP contribution in [0.2, 0.25) is 0 Å². The minimum Gasteiger partial charge on any atom is -0.369 e. The molecule has 3 atom stereocenters. The van der Waals surface area contributed by atoms with Gasteiger partial charge in [0, 0.05) is 6.54 Å². The van der Waals surface area contributed by atoms with Crippen molar-refractivity contribution < 1.29 is 8.78 Å². The van der Waals surface area contributed by atoms with Gasteiger partial charge >= 0.3 is 0 Å². The normalized spacial score (nSPS) is 28.6. The van der Waals surface area contributed by atoms with Gasteiger partial charge in [0.15, 0.2) is 11.6 Å². The van der Waals surface area contributed by atoms with Crippen molar-refractivity contribution in [1.82, 2.24) is 9.55 Å². The molecule has 20 heavy (non-hydrogen) atoms. The first-order valence-corrected chi connectivity index (χ1v) is 7.23. The highest BCUT2D eigenvalue weighted by Crippen LogP contribution is 2.49. The molecule has 1 aromatic carbocycles. The van der Waals surface area contributed by atoms with Gasteiger partial charge in [-0.1, -0.05) is 6.42 Å². The van der Waals surface area contributed by atoms with E-state index >= 15 is 0 Å². The zero-order valence-corrected chi connectivity index (χ0v) is 11.1. The largest absolute Gasteiger partial charge is 0.369 e. The third-order valence-corrected chi connectivity index (χ3v) is 5.13. The summed E-state index contributed by atoms with van der Waals surface area (Å²) in [7, 11) is 0. The maximum Gasteiger partial charge on any atom is 0.201 e. The van der Waals surface area contributed by atoms with E-state index in [-0.39, 0.29) is 11.5 Å². The van der Waals surface area contributed by atoms with E-state index in [1.807, 2.05) is 0 Å². The van der Waals surface area contributed by atoms with Gasteiger partial charge in [-0.2, -0.15) is 0 Å². The van der Waals surface area contributed by atoms with Gasteiger partial charge in [-0.25, -0.2) is 13.8 Å². The number of benzene rings is 1. The van der Waals surface area contributed by atoms with Crippen molar-refractivity contribution in [1.29, 1.82) is 0 Å². The van der Waals surface area contributed by atoms with Crippen molar-refractivity contribution in [2.75, 3.05) is 5.73 Å². The van der Waals surface area contributed by atoms with Crippen molar-refractivity contribution in [2.45, 2.75) is 32.2 Å². The molecule has 1 aromatic heterocycles. The Hall–Kier alpha value is -1.65. The third kappa shape index (κ3) is 1.65. The summed E-state index contributed by atoms with van der Waals surface area (Å²) in [6, 6.07) is 2.59. The van der Waals surface area contributed by atoms with E-state index in [9.17, 15) is 8.78 Å². The molecule has 5 heteroatoms. The number of halogens is 2. The van der Waals surface area contributed by atoms with Gasteiger partial charge in [-0.3, -0.25) is 0 Å². The summed E-state index contributed by atoms with van der Waals surface area (Å²) in [5, 5.41) is 0. The quantitative estimate of drug-likeness (QED) is 0.915. The maximum atomic E-state index is 14.0. The molecule has 2 N–H and O–H groups in total. The molecule has 3 unspecified atom stereocenters. The highest BCUT2D eigenvalue weighted by molar-refractivity contribution is 5.79. The van der Waals surface area contributed by atoms with Crippen LogP contribution in [0.25, 0.3) is 11.0 Å². The van der Waals surface area contributed by atoms with E-state index < -0.39 is 11.6 Å². The predicted octanol–water partition coefficient (Wildman–Crippen LogP) is 3.33. The number of rotatable bonds is 2. The summed E-state index contributed by atoms with van der Waals surface area (Å²) < 4.78 is 29.2. The molecule has 2 bridgehead atoms. The topological polar surface area (TPSA) is 43.8 Å². The lowest BCUT2D eigenvalue weighted by molar-refractivity contribution is 0.299. The Labute approximate surface area is 115 Å². The molecule has 0 radical (unpaired) electrons. The number of anilines is 1. The predicted molar refractivity (Wildman–Crippen MR) is 73.0 cm³/mol. The van der Waals surface area contributed by atoms with Crippen LogP contribution in [0.1, 0.15) is 25.7 Å². The number of aromatic nitrogens is 2. The first kappa shape index (κ1) is 12.1. The molecule has 0 aliphatic heterocycles. The molecule has 0 amide bonds. The fourth-order valence-corrected chi connectivity index (χ4v) is 4.19. The van der Waals surface area contributed by atoms with Crippen molar-refractivity contribution in [3.63, 3.8) is 0 Å². The minimum atomic E-state index is -0.841. The molecule has 2 fully saturated rings. The number of hydrogen-bond donors (Lipinski definition) is 1. The minimum absolute atomic E-state index is 0.213. The van der Waals surface area contributed by atoms with Gasteiger partial charge in [0.25, 0.3) is 0 Å². The zero-order chi connectivity index (χ0) is 13.9. The van der Waals surface area contributed by atoms with Crippen LogP contribution in [0.15, 0.2) is 12.1 Å². The lowest BCUT2D eigenvalue weighted by Gasteiger charge is -2.22. The second kappa shape index (κ2) is 4.17. The first-order valence-electron chi connectivity index (χ1n) is 7.23. The Bertz CT molecular complexity index is 679. The molecule has 2 aromatic rings. The van der Waals surface area contributed by atoms with Gasteiger partial charge in [-0.15, -0.1) is 0 Å². The second-order valence-corrected chi connectivity index (χ2v) is 6.24. The van der Waals surface area contributed by atoms with Crippen molar-refractivity contribution >= 4 is 17.0 Å². The van der Waals surface area contributed by atoms with Gasteiger partial charge < -0.3 is 10.3 Å². The Kier molecular flexibility index (Phi) is 2.53. The van der Waals surface area contributed by atoms with E-state index in [0.29, 0.717) is 23.9 Å². The number of nitrogen functional groups attached to an aromatic ring is 1. The fourth-order valence-electron chi connectivity index (χ4n) is 4.19. The summed E-state index contributed by atoms with van der Waals surface area (Å²) >= 11 is 0. The van der Waals surface area contributed by atoms with Gasteiger partial charge in [0.2, 0.25) is 5.95 Å². The highest BCUT2D eigenvalue weighted by Gasteiger charge is 2.39. The molecule has 0 saturated heterocycles. The van der Waals surface area contributed by atoms with Crippen LogP contribution >= 0.6 is 0 Å². The van der Waals surface area contributed by atoms with Crippen LogP contribution in [-0.2, 0) is 6.54 Å². The van der Waals surface area contributed by atoms with Crippen LogP contribution < -0.4 is 5.73 Å².